The summed E-state index contributed by atoms with van der Waals surface area (Å²) < 4.78 is 0. The molecule has 2 N–H and O–H groups in total. The number of aromatic nitrogens is 1. The van der Waals surface area contributed by atoms with Gasteiger partial charge in [-0.1, -0.05) is 6.92 Å². The molecule has 0 aliphatic carbocycles. The molecule has 0 bridgehead atoms. The summed E-state index contributed by atoms with van der Waals surface area (Å²) in [6.07, 6.45) is 4.96. The number of nitrogens with zero attached hydrogens (tertiary/aromatic N) is 1. The topological polar surface area (TPSA) is 62.2 Å². The van der Waals surface area contributed by atoms with E-state index < -0.39 is 5.97 Å². The molecular formula is C10H14N2O2S. The van der Waals surface area contributed by atoms with Crippen molar-refractivity contribution < 1.29 is 9.90 Å². The van der Waals surface area contributed by atoms with Crippen molar-refractivity contribution in [3.8, 4) is 0 Å². The number of hydrogen-bond acceptors (Lipinski definition) is 4. The van der Waals surface area contributed by atoms with Crippen molar-refractivity contribution in [3.63, 3.8) is 0 Å². The Morgan fingerprint density at radius 3 is 3.07 bits per heavy atom. The summed E-state index contributed by atoms with van der Waals surface area (Å²) >= 11 is 1.73. The van der Waals surface area contributed by atoms with Crippen molar-refractivity contribution in [2.45, 2.75) is 12.2 Å². The smallest absolute Gasteiger partial charge is 0.339 e. The molecule has 15 heavy (non-hydrogen) atoms. The third-order valence-electron chi connectivity index (χ3n) is 2.03. The van der Waals surface area contributed by atoms with E-state index >= 15 is 0 Å². The molecule has 82 valence electrons. The largest absolute Gasteiger partial charge is 0.478 e. The Bertz CT molecular complexity index is 344. The van der Waals surface area contributed by atoms with E-state index in [4.69, 9.17) is 5.11 Å². The summed E-state index contributed by atoms with van der Waals surface area (Å²) in [7, 11) is 0. The average Bonchev–Trinajstić information content (AvgIpc) is 2.26. The normalized spacial score (nSPS) is 12.1. The molecule has 0 fully saturated rings. The van der Waals surface area contributed by atoms with E-state index in [1.54, 1.807) is 24.0 Å². The van der Waals surface area contributed by atoms with Crippen molar-refractivity contribution in [2.24, 2.45) is 0 Å². The van der Waals surface area contributed by atoms with Gasteiger partial charge in [-0.05, 0) is 12.3 Å². The molecular weight excluding hydrogens is 212 g/mol. The van der Waals surface area contributed by atoms with Gasteiger partial charge < -0.3 is 10.4 Å². The lowest BCUT2D eigenvalue weighted by Gasteiger charge is -2.12. The van der Waals surface area contributed by atoms with Gasteiger partial charge in [0.25, 0.3) is 0 Å². The lowest BCUT2D eigenvalue weighted by atomic mass is 10.2. The monoisotopic (exact) mass is 226 g/mol. The summed E-state index contributed by atoms with van der Waals surface area (Å²) in [5.41, 5.74) is 0.837. The van der Waals surface area contributed by atoms with Crippen LogP contribution >= 0.6 is 11.8 Å². The number of pyridine rings is 1. The molecule has 5 heteroatoms. The van der Waals surface area contributed by atoms with Crippen LogP contribution in [0, 0.1) is 0 Å². The number of aromatic carboxylic acids is 1. The van der Waals surface area contributed by atoms with Gasteiger partial charge in [0.15, 0.2) is 0 Å². The first-order valence-electron chi connectivity index (χ1n) is 4.59. The number of carbonyl (C=O) groups is 1. The SMILES string of the molecule is CSC(C)CNc1ccncc1C(=O)O. The number of thioether (sulfide) groups is 1. The van der Waals surface area contributed by atoms with Crippen LogP contribution in [0.5, 0.6) is 0 Å². The van der Waals surface area contributed by atoms with E-state index in [-0.39, 0.29) is 5.56 Å². The second-order valence-electron chi connectivity index (χ2n) is 3.15. The first-order chi connectivity index (χ1) is 7.15. The van der Waals surface area contributed by atoms with E-state index in [0.717, 1.165) is 6.54 Å². The van der Waals surface area contributed by atoms with Crippen LogP contribution < -0.4 is 5.32 Å². The molecule has 0 radical (unpaired) electrons. The highest BCUT2D eigenvalue weighted by Gasteiger charge is 2.09. The highest BCUT2D eigenvalue weighted by molar-refractivity contribution is 7.99. The maximum atomic E-state index is 10.9. The third-order valence-corrected chi connectivity index (χ3v) is 3.01. The molecule has 1 unspecified atom stereocenters. The Hall–Kier alpha value is -1.23. The Labute approximate surface area is 93.1 Å². The third kappa shape index (κ3) is 3.43. The highest BCUT2D eigenvalue weighted by atomic mass is 32.2. The van der Waals surface area contributed by atoms with Crippen LogP contribution in [0.1, 0.15) is 17.3 Å². The molecule has 1 heterocycles. The molecule has 0 aliphatic heterocycles. The number of anilines is 1. The predicted octanol–water partition coefficient (Wildman–Crippen LogP) is 1.94. The van der Waals surface area contributed by atoms with E-state index in [1.165, 1.54) is 6.20 Å². The minimum Gasteiger partial charge on any atom is -0.478 e. The Balaban J connectivity index is 2.72. The fourth-order valence-electron chi connectivity index (χ4n) is 1.06. The summed E-state index contributed by atoms with van der Waals surface area (Å²) in [5.74, 6) is -0.956. The maximum Gasteiger partial charge on any atom is 0.339 e. The Morgan fingerprint density at radius 2 is 2.47 bits per heavy atom. The number of nitrogens with one attached hydrogen (secondary N) is 1. The molecule has 0 spiro atoms. The molecule has 0 aliphatic rings. The Kier molecular flexibility index (Phi) is 4.42. The molecule has 1 atom stereocenters. The van der Waals surface area contributed by atoms with Gasteiger partial charge in [-0.25, -0.2) is 4.79 Å². The first-order valence-corrected chi connectivity index (χ1v) is 5.88. The number of hydrogen-bond donors (Lipinski definition) is 2. The fourth-order valence-corrected chi connectivity index (χ4v) is 1.31. The number of carboxylic acid groups (broad SMARTS) is 1. The molecule has 0 saturated heterocycles. The Morgan fingerprint density at radius 1 is 1.73 bits per heavy atom. The second-order valence-corrected chi connectivity index (χ2v) is 4.43. The summed E-state index contributed by atoms with van der Waals surface area (Å²) in [6, 6.07) is 1.68. The zero-order chi connectivity index (χ0) is 11.3. The predicted molar refractivity (Wildman–Crippen MR) is 62.7 cm³/mol. The lowest BCUT2D eigenvalue weighted by molar-refractivity contribution is 0.0697. The molecule has 0 saturated carbocycles. The zero-order valence-corrected chi connectivity index (χ0v) is 9.54. The molecule has 1 aromatic heterocycles. The molecule has 4 nitrogen and oxygen atoms in total. The summed E-state index contributed by atoms with van der Waals surface area (Å²) in [4.78, 5) is 14.6. The molecule has 0 aromatic carbocycles. The number of carboxylic acids is 1. The van der Waals surface area contributed by atoms with Gasteiger partial charge in [-0.3, -0.25) is 4.98 Å². The van der Waals surface area contributed by atoms with Gasteiger partial charge in [-0.2, -0.15) is 11.8 Å². The van der Waals surface area contributed by atoms with Crippen LogP contribution in [0.4, 0.5) is 5.69 Å². The van der Waals surface area contributed by atoms with Gasteiger partial charge in [0.05, 0.1) is 5.69 Å². The van der Waals surface area contributed by atoms with Gasteiger partial charge in [-0.15, -0.1) is 0 Å². The van der Waals surface area contributed by atoms with E-state index in [2.05, 4.69) is 17.2 Å². The average molecular weight is 226 g/mol. The summed E-state index contributed by atoms with van der Waals surface area (Å²) in [5, 5.41) is 12.5. The van der Waals surface area contributed by atoms with Crippen molar-refractivity contribution in [1.82, 2.24) is 4.98 Å². The molecule has 1 rings (SSSR count). The second kappa shape index (κ2) is 5.60. The van der Waals surface area contributed by atoms with Crippen LogP contribution in [0.3, 0.4) is 0 Å². The lowest BCUT2D eigenvalue weighted by Crippen LogP contribution is -2.15. The van der Waals surface area contributed by atoms with Gasteiger partial charge in [0.2, 0.25) is 0 Å². The van der Waals surface area contributed by atoms with Crippen LogP contribution in [-0.2, 0) is 0 Å². The van der Waals surface area contributed by atoms with Crippen molar-refractivity contribution >= 4 is 23.4 Å². The van der Waals surface area contributed by atoms with Gasteiger partial charge >= 0.3 is 5.97 Å². The molecule has 1 aromatic rings. The fraction of sp³-hybridized carbons (Fsp3) is 0.400. The first kappa shape index (κ1) is 11.8. The van der Waals surface area contributed by atoms with Crippen LogP contribution in [0.25, 0.3) is 0 Å². The number of rotatable bonds is 5. The van der Waals surface area contributed by atoms with E-state index in [0.29, 0.717) is 10.9 Å². The van der Waals surface area contributed by atoms with E-state index in [1.807, 2.05) is 6.26 Å². The van der Waals surface area contributed by atoms with Crippen LogP contribution in [0.2, 0.25) is 0 Å². The van der Waals surface area contributed by atoms with Crippen LogP contribution in [0.15, 0.2) is 18.5 Å². The van der Waals surface area contributed by atoms with Gasteiger partial charge in [0, 0.05) is 24.2 Å². The van der Waals surface area contributed by atoms with Crippen molar-refractivity contribution in [1.29, 1.82) is 0 Å². The standard InChI is InChI=1S/C10H14N2O2S/c1-7(15-2)5-12-9-3-4-11-6-8(9)10(13)14/h3-4,6-7H,5H2,1-2H3,(H,11,12)(H,13,14). The minimum atomic E-state index is -0.956. The molecule has 0 amide bonds. The van der Waals surface area contributed by atoms with Crippen molar-refractivity contribution in [2.75, 3.05) is 18.1 Å². The zero-order valence-electron chi connectivity index (χ0n) is 8.73. The van der Waals surface area contributed by atoms with Crippen molar-refractivity contribution in [3.05, 3.63) is 24.0 Å². The van der Waals surface area contributed by atoms with Gasteiger partial charge in [0.1, 0.15) is 5.56 Å². The highest BCUT2D eigenvalue weighted by Crippen LogP contribution is 2.14. The van der Waals surface area contributed by atoms with E-state index in [9.17, 15) is 4.79 Å². The minimum absolute atomic E-state index is 0.214. The maximum absolute atomic E-state index is 10.9. The quantitative estimate of drug-likeness (QED) is 0.803. The van der Waals surface area contributed by atoms with Crippen LogP contribution in [-0.4, -0.2) is 34.1 Å². The summed E-state index contributed by atoms with van der Waals surface area (Å²) in [6.45, 7) is 2.82.